The normalized spacial score (nSPS) is 18.1. The Kier molecular flexibility index (Phi) is 5.19. The van der Waals surface area contributed by atoms with Gasteiger partial charge in [-0.15, -0.1) is 0 Å². The minimum Gasteiger partial charge on any atom is -0.396 e. The monoisotopic (exact) mass is 389 g/mol. The quantitative estimate of drug-likeness (QED) is 0.717. The van der Waals surface area contributed by atoms with Gasteiger partial charge in [-0.05, 0) is 31.0 Å². The molecule has 0 radical (unpaired) electrons. The largest absolute Gasteiger partial charge is 0.396 e. The van der Waals surface area contributed by atoms with Crippen molar-refractivity contribution in [2.45, 2.75) is 25.9 Å². The molecule has 1 aliphatic rings. The summed E-state index contributed by atoms with van der Waals surface area (Å²) >= 11 is 0. The van der Waals surface area contributed by atoms with Gasteiger partial charge < -0.3 is 14.5 Å². The van der Waals surface area contributed by atoms with Crippen molar-refractivity contribution in [1.29, 1.82) is 0 Å². The van der Waals surface area contributed by atoms with Gasteiger partial charge in [0.25, 0.3) is 5.71 Å². The van der Waals surface area contributed by atoms with E-state index in [2.05, 4.69) is 24.9 Å². The van der Waals surface area contributed by atoms with Crippen molar-refractivity contribution in [1.82, 2.24) is 20.0 Å². The molecule has 4 rings (SSSR count). The molecule has 7 nitrogen and oxygen atoms in total. The lowest BCUT2D eigenvalue weighted by atomic mass is 10.1. The van der Waals surface area contributed by atoms with Crippen molar-refractivity contribution < 1.29 is 18.4 Å². The van der Waals surface area contributed by atoms with Crippen LogP contribution in [0.2, 0.25) is 0 Å². The van der Waals surface area contributed by atoms with Crippen LogP contribution in [0.5, 0.6) is 0 Å². The molecule has 0 spiro atoms. The third kappa shape index (κ3) is 3.55. The first-order chi connectivity index (χ1) is 13.6. The van der Waals surface area contributed by atoms with Gasteiger partial charge in [-0.2, -0.15) is 4.98 Å². The number of aliphatic hydroxyl groups excluding tert-OH is 1. The number of fused-ring (bicyclic) bond motifs is 1. The number of hydrogen-bond donors (Lipinski definition) is 1. The summed E-state index contributed by atoms with van der Waals surface area (Å²) in [6, 6.07) is 4.01. The lowest BCUT2D eigenvalue weighted by Gasteiger charge is -2.42. The van der Waals surface area contributed by atoms with Crippen LogP contribution in [0.25, 0.3) is 11.1 Å². The van der Waals surface area contributed by atoms with E-state index in [-0.39, 0.29) is 12.6 Å². The first-order valence-electron chi connectivity index (χ1n) is 9.17. The van der Waals surface area contributed by atoms with Crippen molar-refractivity contribution in [3.63, 3.8) is 0 Å². The Balaban J connectivity index is 1.55. The molecular weight excluding hydrogens is 368 g/mol. The van der Waals surface area contributed by atoms with E-state index in [1.54, 1.807) is 6.07 Å². The topological polar surface area (TPSA) is 78.5 Å². The van der Waals surface area contributed by atoms with Gasteiger partial charge in [0.15, 0.2) is 11.6 Å². The molecule has 148 valence electrons. The van der Waals surface area contributed by atoms with Crippen LogP contribution < -0.4 is 4.90 Å². The highest BCUT2D eigenvalue weighted by Gasteiger charge is 2.29. The summed E-state index contributed by atoms with van der Waals surface area (Å²) in [5.41, 5.74) is 1.88. The van der Waals surface area contributed by atoms with Gasteiger partial charge in [0.2, 0.25) is 0 Å². The molecule has 0 unspecified atom stereocenters. The zero-order valence-corrected chi connectivity index (χ0v) is 15.5. The maximum atomic E-state index is 13.5. The molecule has 0 saturated carbocycles. The molecule has 3 aromatic rings. The number of rotatable bonds is 5. The van der Waals surface area contributed by atoms with Crippen LogP contribution in [-0.4, -0.2) is 57.4 Å². The van der Waals surface area contributed by atoms with E-state index >= 15 is 0 Å². The van der Waals surface area contributed by atoms with Crippen LogP contribution in [0.4, 0.5) is 14.6 Å². The van der Waals surface area contributed by atoms with Gasteiger partial charge in [0, 0.05) is 38.8 Å². The van der Waals surface area contributed by atoms with E-state index in [9.17, 15) is 13.9 Å². The lowest BCUT2D eigenvalue weighted by Crippen LogP contribution is -2.53. The lowest BCUT2D eigenvalue weighted by molar-refractivity contribution is 0.135. The third-order valence-corrected chi connectivity index (χ3v) is 5.16. The average molecular weight is 389 g/mol. The fraction of sp³-hybridized carbons (Fsp3) is 0.421. The van der Waals surface area contributed by atoms with E-state index < -0.39 is 11.6 Å². The van der Waals surface area contributed by atoms with Crippen molar-refractivity contribution in [2.75, 3.05) is 31.1 Å². The molecule has 28 heavy (non-hydrogen) atoms. The Morgan fingerprint density at radius 3 is 2.86 bits per heavy atom. The van der Waals surface area contributed by atoms with Crippen LogP contribution in [0.15, 0.2) is 29.0 Å². The van der Waals surface area contributed by atoms with Crippen molar-refractivity contribution in [2.24, 2.45) is 0 Å². The minimum atomic E-state index is -0.850. The standard InChI is InChI=1S/C19H21F2N5O2/c1-12-17-18(22-11-23-19(17)28-24-12)26-6-5-25(14(10-26)4-7-27)9-13-2-3-15(20)16(21)8-13/h2-3,8,11,14,27H,4-7,9-10H2,1H3/t14-/m1/s1. The second-order valence-electron chi connectivity index (χ2n) is 6.98. The van der Waals surface area contributed by atoms with Crippen LogP contribution in [-0.2, 0) is 6.54 Å². The first kappa shape index (κ1) is 18.7. The Hall–Kier alpha value is -2.65. The molecule has 1 N–H and O–H groups in total. The second kappa shape index (κ2) is 7.76. The average Bonchev–Trinajstić information content (AvgIpc) is 3.07. The first-order valence-corrected chi connectivity index (χ1v) is 9.17. The Morgan fingerprint density at radius 1 is 1.21 bits per heavy atom. The molecule has 0 bridgehead atoms. The number of anilines is 1. The highest BCUT2D eigenvalue weighted by atomic mass is 19.2. The highest BCUT2D eigenvalue weighted by Crippen LogP contribution is 2.28. The van der Waals surface area contributed by atoms with E-state index in [1.807, 2.05) is 6.92 Å². The number of halogens is 2. The van der Waals surface area contributed by atoms with Crippen LogP contribution in [0.1, 0.15) is 17.7 Å². The summed E-state index contributed by atoms with van der Waals surface area (Å²) in [5.74, 6) is -0.933. The minimum absolute atomic E-state index is 0.0389. The zero-order chi connectivity index (χ0) is 19.7. The second-order valence-corrected chi connectivity index (χ2v) is 6.98. The number of aliphatic hydroxyl groups is 1. The Bertz CT molecular complexity index is 980. The maximum absolute atomic E-state index is 13.5. The summed E-state index contributed by atoms with van der Waals surface area (Å²) < 4.78 is 32.0. The number of piperazine rings is 1. The number of hydrogen-bond acceptors (Lipinski definition) is 7. The Labute approximate surface area is 160 Å². The molecule has 0 aliphatic carbocycles. The van der Waals surface area contributed by atoms with Crippen LogP contribution in [0, 0.1) is 18.6 Å². The zero-order valence-electron chi connectivity index (χ0n) is 15.5. The predicted octanol–water partition coefficient (Wildman–Crippen LogP) is 2.28. The maximum Gasteiger partial charge on any atom is 0.263 e. The van der Waals surface area contributed by atoms with Crippen molar-refractivity contribution in [3.05, 3.63) is 47.4 Å². The number of aromatic nitrogens is 3. The van der Waals surface area contributed by atoms with Gasteiger partial charge in [-0.3, -0.25) is 4.90 Å². The highest BCUT2D eigenvalue weighted by molar-refractivity contribution is 5.87. The number of benzene rings is 1. The van der Waals surface area contributed by atoms with Gasteiger partial charge >= 0.3 is 0 Å². The van der Waals surface area contributed by atoms with E-state index in [4.69, 9.17) is 4.52 Å². The van der Waals surface area contributed by atoms with Crippen molar-refractivity contribution >= 4 is 16.9 Å². The smallest absolute Gasteiger partial charge is 0.263 e. The van der Waals surface area contributed by atoms with Crippen LogP contribution >= 0.6 is 0 Å². The van der Waals surface area contributed by atoms with Crippen molar-refractivity contribution in [3.8, 4) is 0 Å². The van der Waals surface area contributed by atoms with Crippen LogP contribution in [0.3, 0.4) is 0 Å². The third-order valence-electron chi connectivity index (χ3n) is 5.16. The molecule has 2 aromatic heterocycles. The van der Waals surface area contributed by atoms with E-state index in [0.717, 1.165) is 23.0 Å². The molecular formula is C19H21F2N5O2. The van der Waals surface area contributed by atoms with E-state index in [1.165, 1.54) is 12.4 Å². The van der Waals surface area contributed by atoms with Gasteiger partial charge in [-0.1, -0.05) is 11.2 Å². The summed E-state index contributed by atoms with van der Waals surface area (Å²) in [5, 5.41) is 14.3. The predicted molar refractivity (Wildman–Crippen MR) is 98.8 cm³/mol. The van der Waals surface area contributed by atoms with E-state index in [0.29, 0.717) is 43.9 Å². The Morgan fingerprint density at radius 2 is 2.07 bits per heavy atom. The molecule has 0 amide bonds. The summed E-state index contributed by atoms with van der Waals surface area (Å²) in [4.78, 5) is 12.9. The molecule has 1 aliphatic heterocycles. The molecule has 1 aromatic carbocycles. The fourth-order valence-corrected chi connectivity index (χ4v) is 3.73. The van der Waals surface area contributed by atoms with Gasteiger partial charge in [-0.25, -0.2) is 13.8 Å². The fourth-order valence-electron chi connectivity index (χ4n) is 3.73. The van der Waals surface area contributed by atoms with Gasteiger partial charge in [0.1, 0.15) is 17.5 Å². The van der Waals surface area contributed by atoms with Gasteiger partial charge in [0.05, 0.1) is 5.69 Å². The summed E-state index contributed by atoms with van der Waals surface area (Å²) in [7, 11) is 0. The number of nitrogens with zero attached hydrogens (tertiary/aromatic N) is 5. The molecule has 1 saturated heterocycles. The summed E-state index contributed by atoms with van der Waals surface area (Å²) in [6.45, 7) is 4.41. The molecule has 1 atom stereocenters. The summed E-state index contributed by atoms with van der Waals surface area (Å²) in [6.07, 6.45) is 2.02. The number of aryl methyl sites for hydroxylation is 1. The molecule has 9 heteroatoms. The molecule has 1 fully saturated rings. The molecule has 3 heterocycles. The SMILES string of the molecule is Cc1noc2ncnc(N3CCN(Cc4ccc(F)c(F)c4)[C@H](CCO)C3)c12.